The van der Waals surface area contributed by atoms with E-state index < -0.39 is 18.5 Å². The van der Waals surface area contributed by atoms with Gasteiger partial charge in [0.1, 0.15) is 0 Å². The number of hydrogen-bond acceptors (Lipinski definition) is 3. The van der Waals surface area contributed by atoms with Crippen molar-refractivity contribution in [3.63, 3.8) is 0 Å². The van der Waals surface area contributed by atoms with Crippen molar-refractivity contribution in [1.82, 2.24) is 10.6 Å². The Morgan fingerprint density at radius 3 is 2.21 bits per heavy atom. The number of nitrogens with one attached hydrogen (secondary N) is 2. The van der Waals surface area contributed by atoms with Crippen LogP contribution in [0.2, 0.25) is 0 Å². The lowest BCUT2D eigenvalue weighted by atomic mass is 9.88. The third-order valence-corrected chi connectivity index (χ3v) is 5.09. The van der Waals surface area contributed by atoms with E-state index in [-0.39, 0.29) is 36.1 Å². The molecule has 0 aromatic rings. The van der Waals surface area contributed by atoms with E-state index in [1.165, 1.54) is 0 Å². The lowest BCUT2D eigenvalue weighted by Gasteiger charge is -2.30. The number of ether oxygens (including phenoxy) is 1. The number of carbonyl (C=O) groups is 2. The highest BCUT2D eigenvalue weighted by Gasteiger charge is 2.36. The highest BCUT2D eigenvalue weighted by molar-refractivity contribution is 6.22. The number of hydrogen-bond donors (Lipinski definition) is 2. The van der Waals surface area contributed by atoms with E-state index in [9.17, 15) is 22.8 Å². The number of alkyl halides is 4. The molecule has 2 unspecified atom stereocenters. The van der Waals surface area contributed by atoms with Crippen LogP contribution in [-0.4, -0.2) is 35.8 Å². The van der Waals surface area contributed by atoms with E-state index >= 15 is 0 Å². The molecule has 24 heavy (non-hydrogen) atoms. The topological polar surface area (TPSA) is 67.4 Å². The Morgan fingerprint density at radius 1 is 1.00 bits per heavy atom. The van der Waals surface area contributed by atoms with Crippen LogP contribution in [0.4, 0.5) is 18.0 Å². The van der Waals surface area contributed by atoms with Gasteiger partial charge in [0, 0.05) is 11.4 Å². The smallest absolute Gasteiger partial charge is 0.335 e. The summed E-state index contributed by atoms with van der Waals surface area (Å²) in [5.74, 6) is -0.761. The monoisotopic (exact) mass is 370 g/mol. The highest BCUT2D eigenvalue weighted by atomic mass is 35.5. The molecular formula is C15H22ClF3N2O3. The number of carbonyl (C=O) groups excluding carboxylic acids is 2. The van der Waals surface area contributed by atoms with Gasteiger partial charge >= 0.3 is 12.4 Å². The lowest BCUT2D eigenvalue weighted by Crippen LogP contribution is -2.49. The molecule has 2 saturated carbocycles. The van der Waals surface area contributed by atoms with E-state index in [1.54, 1.807) is 0 Å². The van der Waals surface area contributed by atoms with Crippen LogP contribution in [0.3, 0.4) is 0 Å². The summed E-state index contributed by atoms with van der Waals surface area (Å²) in [7, 11) is 0. The lowest BCUT2D eigenvalue weighted by molar-refractivity contribution is -0.345. The van der Waals surface area contributed by atoms with E-state index in [0.29, 0.717) is 19.3 Å². The molecule has 5 nitrogen and oxygen atoms in total. The molecule has 0 saturated heterocycles. The van der Waals surface area contributed by atoms with E-state index in [0.717, 1.165) is 19.3 Å². The van der Waals surface area contributed by atoms with Gasteiger partial charge in [-0.15, -0.1) is 24.8 Å². The van der Waals surface area contributed by atoms with Crippen LogP contribution in [0.1, 0.15) is 51.4 Å². The molecule has 2 aliphatic carbocycles. The largest absolute Gasteiger partial charge is 0.522 e. The molecule has 3 amide bonds. The molecule has 0 spiro atoms. The van der Waals surface area contributed by atoms with Crippen molar-refractivity contribution in [1.29, 1.82) is 0 Å². The van der Waals surface area contributed by atoms with Crippen LogP contribution >= 0.6 is 11.6 Å². The van der Waals surface area contributed by atoms with E-state index in [1.807, 2.05) is 0 Å². The van der Waals surface area contributed by atoms with Gasteiger partial charge in [0.2, 0.25) is 5.91 Å². The van der Waals surface area contributed by atoms with Gasteiger partial charge in [-0.2, -0.15) is 0 Å². The fourth-order valence-corrected chi connectivity index (χ4v) is 3.72. The summed E-state index contributed by atoms with van der Waals surface area (Å²) in [5, 5.41) is 4.67. The first-order valence-corrected chi connectivity index (χ1v) is 8.68. The minimum atomic E-state index is -4.63. The maximum Gasteiger partial charge on any atom is 0.522 e. The summed E-state index contributed by atoms with van der Waals surface area (Å²) >= 11 is 6.12. The van der Waals surface area contributed by atoms with Crippen LogP contribution in [0.5, 0.6) is 0 Å². The van der Waals surface area contributed by atoms with Gasteiger partial charge in [-0.05, 0) is 38.5 Å². The van der Waals surface area contributed by atoms with Crippen molar-refractivity contribution < 1.29 is 27.5 Å². The maximum atomic E-state index is 12.1. The van der Waals surface area contributed by atoms with Crippen molar-refractivity contribution in [3.05, 3.63) is 0 Å². The number of imide groups is 1. The molecule has 0 aromatic carbocycles. The predicted molar refractivity (Wildman–Crippen MR) is 81.5 cm³/mol. The summed E-state index contributed by atoms with van der Waals surface area (Å²) in [4.78, 5) is 24.0. The fraction of sp³-hybridized carbons (Fsp3) is 0.867. The Kier molecular flexibility index (Phi) is 6.74. The first-order valence-electron chi connectivity index (χ1n) is 8.24. The average Bonchev–Trinajstić information content (AvgIpc) is 2.48. The van der Waals surface area contributed by atoms with Crippen LogP contribution in [0, 0.1) is 5.92 Å². The SMILES string of the molecule is O=C(NC(=O)C1CCCCC1Cl)NC1CCC(OC(F)(F)F)CC1. The van der Waals surface area contributed by atoms with E-state index in [2.05, 4.69) is 15.4 Å². The zero-order valence-electron chi connectivity index (χ0n) is 13.2. The minimum absolute atomic E-state index is 0.213. The van der Waals surface area contributed by atoms with Gasteiger partial charge in [0.15, 0.2) is 0 Å². The first kappa shape index (κ1) is 19.3. The maximum absolute atomic E-state index is 12.1. The molecule has 0 aliphatic heterocycles. The normalized spacial score (nSPS) is 31.3. The molecule has 2 aliphatic rings. The Morgan fingerprint density at radius 2 is 1.62 bits per heavy atom. The molecule has 0 radical (unpaired) electrons. The molecule has 0 heterocycles. The van der Waals surface area contributed by atoms with Gasteiger partial charge in [0.25, 0.3) is 0 Å². The van der Waals surface area contributed by atoms with Crippen molar-refractivity contribution >= 4 is 23.5 Å². The number of amides is 3. The average molecular weight is 371 g/mol. The number of rotatable bonds is 3. The minimum Gasteiger partial charge on any atom is -0.335 e. The predicted octanol–water partition coefficient (Wildman–Crippen LogP) is 3.46. The fourth-order valence-electron chi connectivity index (χ4n) is 3.32. The van der Waals surface area contributed by atoms with Gasteiger partial charge in [-0.25, -0.2) is 4.79 Å². The molecule has 138 valence electrons. The molecule has 2 rings (SSSR count). The van der Waals surface area contributed by atoms with Gasteiger partial charge in [-0.3, -0.25) is 14.8 Å². The van der Waals surface area contributed by atoms with Crippen LogP contribution < -0.4 is 10.6 Å². The molecule has 2 atom stereocenters. The summed E-state index contributed by atoms with van der Waals surface area (Å²) in [5.41, 5.74) is 0. The third-order valence-electron chi connectivity index (χ3n) is 4.56. The zero-order valence-corrected chi connectivity index (χ0v) is 14.0. The molecule has 9 heteroatoms. The Bertz CT molecular complexity index is 454. The molecular weight excluding hydrogens is 349 g/mol. The van der Waals surface area contributed by atoms with Gasteiger partial charge < -0.3 is 5.32 Å². The summed E-state index contributed by atoms with van der Waals surface area (Å²) < 4.78 is 40.4. The molecule has 2 fully saturated rings. The first-order chi connectivity index (χ1) is 11.2. The second-order valence-electron chi connectivity index (χ2n) is 6.41. The number of halogens is 4. The molecule has 0 aromatic heterocycles. The summed E-state index contributed by atoms with van der Waals surface area (Å²) in [6.07, 6.45) is -1.01. The van der Waals surface area contributed by atoms with Crippen molar-refractivity contribution in [2.75, 3.05) is 0 Å². The van der Waals surface area contributed by atoms with Gasteiger partial charge in [-0.1, -0.05) is 12.8 Å². The van der Waals surface area contributed by atoms with Crippen molar-refractivity contribution in [3.8, 4) is 0 Å². The van der Waals surface area contributed by atoms with E-state index in [4.69, 9.17) is 11.6 Å². The third kappa shape index (κ3) is 6.12. The van der Waals surface area contributed by atoms with Crippen LogP contribution in [0.15, 0.2) is 0 Å². The molecule has 0 bridgehead atoms. The quantitative estimate of drug-likeness (QED) is 0.748. The standard InChI is InChI=1S/C15H22ClF3N2O3/c16-12-4-2-1-3-11(12)13(22)21-14(23)20-9-5-7-10(8-6-9)24-15(17,18)19/h9-12H,1-8H2,(H2,20,21,22,23). The zero-order chi connectivity index (χ0) is 17.7. The highest BCUT2D eigenvalue weighted by Crippen LogP contribution is 2.29. The second kappa shape index (κ2) is 8.38. The van der Waals surface area contributed by atoms with Crippen LogP contribution in [-0.2, 0) is 9.53 Å². The summed E-state index contributed by atoms with van der Waals surface area (Å²) in [6, 6.07) is -0.876. The Labute approximate surface area is 143 Å². The second-order valence-corrected chi connectivity index (χ2v) is 6.97. The van der Waals surface area contributed by atoms with Gasteiger partial charge in [0.05, 0.1) is 12.0 Å². The van der Waals surface area contributed by atoms with Crippen molar-refractivity contribution in [2.24, 2.45) is 5.92 Å². The number of urea groups is 1. The Hall–Kier alpha value is -1.02. The van der Waals surface area contributed by atoms with Crippen LogP contribution in [0.25, 0.3) is 0 Å². The van der Waals surface area contributed by atoms with Crippen molar-refractivity contribution in [2.45, 2.75) is 75.3 Å². The summed E-state index contributed by atoms with van der Waals surface area (Å²) in [6.45, 7) is 0. The Balaban J connectivity index is 1.70. The molecule has 2 N–H and O–H groups in total.